The van der Waals surface area contributed by atoms with E-state index in [-0.39, 0.29) is 25.5 Å². The lowest BCUT2D eigenvalue weighted by molar-refractivity contribution is -0.129. The largest absolute Gasteiger partial charge is 0.496 e. The molecule has 3 aromatic carbocycles. The van der Waals surface area contributed by atoms with Crippen LogP contribution >= 0.6 is 15.9 Å². The number of hydrogen-bond acceptors (Lipinski definition) is 8. The zero-order valence-electron chi connectivity index (χ0n) is 23.9. The molecule has 222 valence electrons. The van der Waals surface area contributed by atoms with E-state index >= 15 is 0 Å². The Morgan fingerprint density at radius 1 is 1.07 bits per heavy atom. The van der Waals surface area contributed by atoms with Gasteiger partial charge in [-0.15, -0.1) is 6.58 Å². The maximum atomic E-state index is 14.2. The highest BCUT2D eigenvalue weighted by molar-refractivity contribution is 9.10. The van der Waals surface area contributed by atoms with Crippen molar-refractivity contribution in [2.45, 2.75) is 31.0 Å². The van der Waals surface area contributed by atoms with Gasteiger partial charge in [-0.25, -0.2) is 4.99 Å². The predicted octanol–water partition coefficient (Wildman–Crippen LogP) is 5.39. The minimum absolute atomic E-state index is 0.0602. The van der Waals surface area contributed by atoms with Crippen LogP contribution in [0.2, 0.25) is 0 Å². The number of carbonyl (C=O) groups excluding carboxylic acids is 1. The smallest absolute Gasteiger partial charge is 0.252 e. The first-order valence-electron chi connectivity index (χ1n) is 13.4. The number of benzene rings is 3. The summed E-state index contributed by atoms with van der Waals surface area (Å²) in [5.41, 5.74) is 0.764. The Morgan fingerprint density at radius 3 is 2.36 bits per heavy atom. The maximum Gasteiger partial charge on any atom is 0.252 e. The molecule has 0 saturated carbocycles. The summed E-state index contributed by atoms with van der Waals surface area (Å²) in [6.45, 7) is 4.51. The summed E-state index contributed by atoms with van der Waals surface area (Å²) in [7, 11) is 4.65. The highest BCUT2D eigenvalue weighted by Gasteiger charge is 2.53. The molecule has 0 aliphatic carbocycles. The molecule has 1 amide bonds. The predicted molar refractivity (Wildman–Crippen MR) is 164 cm³/mol. The van der Waals surface area contributed by atoms with E-state index in [0.29, 0.717) is 53.1 Å². The quantitative estimate of drug-likeness (QED) is 0.180. The molecule has 1 aliphatic heterocycles. The van der Waals surface area contributed by atoms with E-state index in [2.05, 4.69) is 27.8 Å². The molecule has 10 heteroatoms. The minimum atomic E-state index is -1.36. The number of ether oxygens (including phenoxy) is 5. The molecule has 1 aliphatic rings. The van der Waals surface area contributed by atoms with E-state index in [0.717, 1.165) is 10.0 Å². The van der Waals surface area contributed by atoms with E-state index in [1.807, 2.05) is 48.5 Å². The van der Waals surface area contributed by atoms with E-state index in [1.165, 1.54) is 0 Å². The average molecular weight is 640 g/mol. The van der Waals surface area contributed by atoms with Crippen LogP contribution in [0.4, 0.5) is 0 Å². The zero-order chi connectivity index (χ0) is 30.1. The van der Waals surface area contributed by atoms with Crippen LogP contribution in [0.5, 0.6) is 23.0 Å². The molecule has 2 N–H and O–H groups in total. The SMILES string of the molecule is C=CC[C@@]1(C(=O)NCc2c(OC)cc(OC)cc2OC)N=C(c2ccc(OCCCO)cc2)O[C@@H]1c1ccccc1Br. The van der Waals surface area contributed by atoms with Crippen molar-refractivity contribution in [2.75, 3.05) is 34.5 Å². The number of nitrogens with one attached hydrogen (secondary N) is 1. The van der Waals surface area contributed by atoms with Gasteiger partial charge in [0.15, 0.2) is 11.6 Å². The van der Waals surface area contributed by atoms with E-state index in [9.17, 15) is 4.79 Å². The number of aliphatic hydroxyl groups excluding tert-OH is 1. The second-order valence-electron chi connectivity index (χ2n) is 9.50. The summed E-state index contributed by atoms with van der Waals surface area (Å²) in [4.78, 5) is 19.2. The molecular formula is C32H35BrN2O7. The first kappa shape index (κ1) is 30.9. The van der Waals surface area contributed by atoms with Gasteiger partial charge in [0.25, 0.3) is 5.91 Å². The standard InChI is InChI=1S/C32H35BrN2O7/c1-5-15-32(31(37)34-20-25-27(39-3)18-23(38-2)19-28(25)40-4)29(24-9-6-7-10-26(24)33)42-30(35-32)21-11-13-22(14-12-21)41-17-8-16-36/h5-7,9-14,18-19,29,36H,1,8,15-17,20H2,2-4H3,(H,34,37)/t29-,32-/m1/s1. The van der Waals surface area contributed by atoms with Crippen LogP contribution < -0.4 is 24.3 Å². The zero-order valence-corrected chi connectivity index (χ0v) is 25.5. The minimum Gasteiger partial charge on any atom is -0.496 e. The van der Waals surface area contributed by atoms with E-state index < -0.39 is 11.6 Å². The lowest BCUT2D eigenvalue weighted by atomic mass is 9.84. The highest BCUT2D eigenvalue weighted by atomic mass is 79.9. The van der Waals surface area contributed by atoms with Crippen molar-refractivity contribution in [2.24, 2.45) is 4.99 Å². The van der Waals surface area contributed by atoms with Crippen molar-refractivity contribution >= 4 is 27.7 Å². The van der Waals surface area contributed by atoms with Crippen molar-refractivity contribution in [1.82, 2.24) is 5.32 Å². The molecule has 9 nitrogen and oxygen atoms in total. The average Bonchev–Trinajstić information content (AvgIpc) is 3.40. The number of carbonyl (C=O) groups is 1. The summed E-state index contributed by atoms with van der Waals surface area (Å²) in [6, 6.07) is 18.4. The van der Waals surface area contributed by atoms with Crippen LogP contribution in [0.3, 0.4) is 0 Å². The van der Waals surface area contributed by atoms with Gasteiger partial charge in [0.1, 0.15) is 23.0 Å². The van der Waals surface area contributed by atoms with Crippen LogP contribution in [0.1, 0.15) is 35.6 Å². The van der Waals surface area contributed by atoms with Crippen LogP contribution in [0.15, 0.2) is 82.8 Å². The second-order valence-corrected chi connectivity index (χ2v) is 10.4. The Morgan fingerprint density at radius 2 is 1.76 bits per heavy atom. The van der Waals surface area contributed by atoms with Crippen LogP contribution in [0, 0.1) is 0 Å². The number of nitrogens with zero attached hydrogens (tertiary/aromatic N) is 1. The van der Waals surface area contributed by atoms with Crippen LogP contribution in [-0.2, 0) is 16.1 Å². The topological polar surface area (TPSA) is 108 Å². The van der Waals surface area contributed by atoms with Crippen LogP contribution in [-0.4, -0.2) is 57.0 Å². The van der Waals surface area contributed by atoms with Gasteiger partial charge in [0.2, 0.25) is 5.90 Å². The molecule has 0 unspecified atom stereocenters. The fourth-order valence-corrected chi connectivity index (χ4v) is 5.27. The summed E-state index contributed by atoms with van der Waals surface area (Å²) in [5.74, 6) is 2.24. The highest BCUT2D eigenvalue weighted by Crippen LogP contribution is 2.45. The number of hydrogen-bond donors (Lipinski definition) is 2. The molecular weight excluding hydrogens is 604 g/mol. The number of aliphatic imine (C=N–C) groups is 1. The molecule has 3 aromatic rings. The lowest BCUT2D eigenvalue weighted by Gasteiger charge is -2.30. The second kappa shape index (κ2) is 14.2. The molecule has 2 atom stereocenters. The molecule has 0 radical (unpaired) electrons. The number of methoxy groups -OCH3 is 3. The number of amides is 1. The van der Waals surface area contributed by atoms with Crippen molar-refractivity contribution < 1.29 is 33.6 Å². The summed E-state index contributed by atoms with van der Waals surface area (Å²) in [5, 5.41) is 12.1. The van der Waals surface area contributed by atoms with E-state index in [1.54, 1.807) is 39.5 Å². The number of rotatable bonds is 14. The molecule has 1 heterocycles. The molecule has 0 aromatic heterocycles. The van der Waals surface area contributed by atoms with E-state index in [4.69, 9.17) is 33.8 Å². The molecule has 0 saturated heterocycles. The molecule has 4 rings (SSSR count). The fraction of sp³-hybridized carbons (Fsp3) is 0.312. The third-order valence-corrected chi connectivity index (χ3v) is 7.64. The van der Waals surface area contributed by atoms with Crippen molar-refractivity contribution in [3.8, 4) is 23.0 Å². The molecule has 42 heavy (non-hydrogen) atoms. The Balaban J connectivity index is 1.71. The molecule has 0 bridgehead atoms. The summed E-state index contributed by atoms with van der Waals surface area (Å²) in [6.07, 6.45) is 1.68. The van der Waals surface area contributed by atoms with Gasteiger partial charge in [0.05, 0.1) is 40.0 Å². The summed E-state index contributed by atoms with van der Waals surface area (Å²) >= 11 is 3.63. The van der Waals surface area contributed by atoms with Crippen molar-refractivity contribution in [3.63, 3.8) is 0 Å². The Bertz CT molecular complexity index is 1400. The van der Waals surface area contributed by atoms with Gasteiger partial charge in [0, 0.05) is 47.2 Å². The van der Waals surface area contributed by atoms with Gasteiger partial charge >= 0.3 is 0 Å². The maximum absolute atomic E-state index is 14.2. The molecule has 0 spiro atoms. The first-order valence-corrected chi connectivity index (χ1v) is 14.2. The normalized spacial score (nSPS) is 17.5. The van der Waals surface area contributed by atoms with Crippen molar-refractivity contribution in [3.05, 3.63) is 94.5 Å². The van der Waals surface area contributed by atoms with Crippen molar-refractivity contribution in [1.29, 1.82) is 0 Å². The Labute approximate surface area is 254 Å². The van der Waals surface area contributed by atoms with Crippen LogP contribution in [0.25, 0.3) is 0 Å². The third kappa shape index (κ3) is 6.55. The Hall–Kier alpha value is -4.02. The monoisotopic (exact) mass is 638 g/mol. The van der Waals surface area contributed by atoms with Gasteiger partial charge < -0.3 is 34.1 Å². The third-order valence-electron chi connectivity index (χ3n) is 6.92. The first-order chi connectivity index (χ1) is 20.4. The van der Waals surface area contributed by atoms with Gasteiger partial charge in [-0.2, -0.15) is 0 Å². The fourth-order valence-electron chi connectivity index (χ4n) is 4.77. The Kier molecular flexibility index (Phi) is 10.5. The lowest BCUT2D eigenvalue weighted by Crippen LogP contribution is -2.47. The van der Waals surface area contributed by atoms with Gasteiger partial charge in [-0.3, -0.25) is 4.79 Å². The summed E-state index contributed by atoms with van der Waals surface area (Å²) < 4.78 is 29.4. The number of aliphatic hydroxyl groups is 1. The molecule has 0 fully saturated rings. The van der Waals surface area contributed by atoms with Gasteiger partial charge in [-0.1, -0.05) is 40.2 Å². The van der Waals surface area contributed by atoms with Gasteiger partial charge in [-0.05, 0) is 30.3 Å². The number of halogens is 1.